The van der Waals surface area contributed by atoms with Crippen molar-refractivity contribution in [3.63, 3.8) is 0 Å². The molecular formula is C23H17Cl2FN4O3S. The van der Waals surface area contributed by atoms with E-state index in [1.807, 2.05) is 0 Å². The number of ether oxygens (including phenoxy) is 2. The third-order valence-electron chi connectivity index (χ3n) is 4.69. The summed E-state index contributed by atoms with van der Waals surface area (Å²) in [4.78, 5) is 17.3. The first kappa shape index (κ1) is 23.9. The second kappa shape index (κ2) is 10.3. The fourth-order valence-corrected chi connectivity index (χ4v) is 4.04. The first-order valence-corrected chi connectivity index (χ1v) is 11.4. The predicted octanol–water partition coefficient (Wildman–Crippen LogP) is 6.19. The molecule has 2 aromatic heterocycles. The van der Waals surface area contributed by atoms with E-state index in [4.69, 9.17) is 32.7 Å². The number of aromatic nitrogens is 3. The summed E-state index contributed by atoms with van der Waals surface area (Å²) in [5.74, 6) is -0.374. The van der Waals surface area contributed by atoms with Crippen molar-refractivity contribution in [1.29, 1.82) is 0 Å². The van der Waals surface area contributed by atoms with E-state index in [1.165, 1.54) is 25.4 Å². The second-order valence-electron chi connectivity index (χ2n) is 7.01. The normalized spacial score (nSPS) is 10.7. The number of benzene rings is 2. The van der Waals surface area contributed by atoms with Gasteiger partial charge in [-0.2, -0.15) is 0 Å². The Hall–Kier alpha value is -3.27. The van der Waals surface area contributed by atoms with Crippen molar-refractivity contribution < 1.29 is 18.7 Å². The number of halogens is 3. The van der Waals surface area contributed by atoms with Crippen LogP contribution >= 0.6 is 34.5 Å². The van der Waals surface area contributed by atoms with Crippen LogP contribution in [0.2, 0.25) is 10.0 Å². The smallest absolute Gasteiger partial charge is 0.259 e. The molecule has 174 valence electrons. The molecule has 0 saturated heterocycles. The number of methoxy groups -OCH3 is 1. The molecule has 4 rings (SSSR count). The van der Waals surface area contributed by atoms with Gasteiger partial charge in [-0.05, 0) is 49.4 Å². The van der Waals surface area contributed by atoms with Crippen LogP contribution in [-0.2, 0) is 6.61 Å². The van der Waals surface area contributed by atoms with Gasteiger partial charge in [-0.1, -0.05) is 34.5 Å². The van der Waals surface area contributed by atoms with Crippen molar-refractivity contribution >= 4 is 45.6 Å². The first-order chi connectivity index (χ1) is 16.4. The van der Waals surface area contributed by atoms with Gasteiger partial charge in [0, 0.05) is 22.5 Å². The average molecular weight is 519 g/mol. The highest BCUT2D eigenvalue weighted by Crippen LogP contribution is 2.38. The Kier molecular flexibility index (Phi) is 7.26. The number of pyridine rings is 1. The van der Waals surface area contributed by atoms with E-state index in [1.54, 1.807) is 37.3 Å². The minimum absolute atomic E-state index is 0.0694. The average Bonchev–Trinajstić information content (AvgIpc) is 3.27. The lowest BCUT2D eigenvalue weighted by Crippen LogP contribution is -2.14. The highest BCUT2D eigenvalue weighted by molar-refractivity contribution is 7.15. The number of aryl methyl sites for hydroxylation is 1. The monoisotopic (exact) mass is 518 g/mol. The molecule has 0 radical (unpaired) electrons. The van der Waals surface area contributed by atoms with Gasteiger partial charge in [0.2, 0.25) is 5.13 Å². The fraction of sp³-hybridized carbons (Fsp3) is 0.130. The molecular weight excluding hydrogens is 502 g/mol. The molecule has 0 spiro atoms. The number of carbonyl (C=O) groups excluding carboxylic acids is 1. The molecule has 0 unspecified atom stereocenters. The number of hydrogen-bond acceptors (Lipinski definition) is 7. The minimum Gasteiger partial charge on any atom is -0.496 e. The van der Waals surface area contributed by atoms with Gasteiger partial charge in [0.25, 0.3) is 5.91 Å². The lowest BCUT2D eigenvalue weighted by Gasteiger charge is -2.14. The van der Waals surface area contributed by atoms with Crippen LogP contribution in [0.5, 0.6) is 11.5 Å². The molecule has 1 amide bonds. The third-order valence-corrected chi connectivity index (χ3v) is 6.05. The zero-order chi connectivity index (χ0) is 24.2. The number of carbonyl (C=O) groups is 1. The van der Waals surface area contributed by atoms with Gasteiger partial charge in [-0.3, -0.25) is 15.1 Å². The van der Waals surface area contributed by atoms with Crippen molar-refractivity contribution in [2.45, 2.75) is 13.5 Å². The Morgan fingerprint density at radius 3 is 2.65 bits per heavy atom. The fourth-order valence-electron chi connectivity index (χ4n) is 3.10. The predicted molar refractivity (Wildman–Crippen MR) is 130 cm³/mol. The Labute approximate surface area is 208 Å². The maximum Gasteiger partial charge on any atom is 0.259 e. The molecule has 0 aliphatic heterocycles. The van der Waals surface area contributed by atoms with E-state index in [9.17, 15) is 9.18 Å². The number of hydrogen-bond donors (Lipinski definition) is 1. The van der Waals surface area contributed by atoms with Crippen LogP contribution < -0.4 is 14.8 Å². The summed E-state index contributed by atoms with van der Waals surface area (Å²) in [7, 11) is 1.41. The first-order valence-electron chi connectivity index (χ1n) is 9.87. The summed E-state index contributed by atoms with van der Waals surface area (Å²) in [6.45, 7) is 1.90. The summed E-state index contributed by atoms with van der Waals surface area (Å²) in [5.41, 5.74) is 1.07. The van der Waals surface area contributed by atoms with Crippen molar-refractivity contribution in [3.8, 4) is 22.6 Å². The zero-order valence-electron chi connectivity index (χ0n) is 17.9. The number of nitrogens with zero attached hydrogens (tertiary/aromatic N) is 3. The topological polar surface area (TPSA) is 86.2 Å². The van der Waals surface area contributed by atoms with Crippen molar-refractivity contribution in [3.05, 3.63) is 80.8 Å². The highest BCUT2D eigenvalue weighted by atomic mass is 35.5. The quantitative estimate of drug-likeness (QED) is 0.313. The lowest BCUT2D eigenvalue weighted by atomic mass is 9.98. The van der Waals surface area contributed by atoms with Crippen molar-refractivity contribution in [1.82, 2.24) is 15.2 Å². The van der Waals surface area contributed by atoms with Crippen LogP contribution in [-0.4, -0.2) is 28.2 Å². The van der Waals surface area contributed by atoms with Crippen LogP contribution in [0.4, 0.5) is 9.52 Å². The molecule has 0 fully saturated rings. The maximum atomic E-state index is 15.0. The van der Waals surface area contributed by atoms with Gasteiger partial charge in [0.15, 0.2) is 10.8 Å². The van der Waals surface area contributed by atoms with Crippen molar-refractivity contribution in [2.75, 3.05) is 12.4 Å². The molecule has 11 heteroatoms. The second-order valence-corrected chi connectivity index (χ2v) is 8.91. The molecule has 7 nitrogen and oxygen atoms in total. The molecule has 34 heavy (non-hydrogen) atoms. The Balaban J connectivity index is 1.56. The maximum absolute atomic E-state index is 15.0. The van der Waals surface area contributed by atoms with Crippen LogP contribution in [0.3, 0.4) is 0 Å². The Morgan fingerprint density at radius 2 is 1.91 bits per heavy atom. The zero-order valence-corrected chi connectivity index (χ0v) is 20.3. The standard InChI is InChI=1S/C23H17Cl2FN4O3S/c1-12-9-15(20-18(32-2)8-7-17(25)21(20)26)16(10-27-12)22(31)28-23-30-29-19(34-23)11-33-14-5-3-13(24)4-6-14/h3-10H,11H2,1-2H3,(H,28,30,31). The van der Waals surface area contributed by atoms with Crippen molar-refractivity contribution in [2.24, 2.45) is 0 Å². The van der Waals surface area contributed by atoms with Gasteiger partial charge in [0.05, 0.1) is 23.3 Å². The number of amides is 1. The molecule has 0 bridgehead atoms. The summed E-state index contributed by atoms with van der Waals surface area (Å²) >= 11 is 13.0. The highest BCUT2D eigenvalue weighted by Gasteiger charge is 2.23. The molecule has 0 saturated carbocycles. The Bertz CT molecular complexity index is 1350. The molecule has 0 aliphatic rings. The summed E-state index contributed by atoms with van der Waals surface area (Å²) in [5, 5.41) is 12.0. The van der Waals surface area contributed by atoms with Gasteiger partial charge in [0.1, 0.15) is 18.1 Å². The summed E-state index contributed by atoms with van der Waals surface area (Å²) in [6.07, 6.45) is 1.37. The Morgan fingerprint density at radius 1 is 1.15 bits per heavy atom. The molecule has 0 atom stereocenters. The molecule has 4 aromatic rings. The van der Waals surface area contributed by atoms with E-state index in [2.05, 4.69) is 20.5 Å². The summed E-state index contributed by atoms with van der Waals surface area (Å²) < 4.78 is 25.9. The molecule has 0 aliphatic carbocycles. The van der Waals surface area contributed by atoms with Crippen LogP contribution in [0, 0.1) is 12.7 Å². The van der Waals surface area contributed by atoms with Crippen LogP contribution in [0.1, 0.15) is 21.1 Å². The van der Waals surface area contributed by atoms with Gasteiger partial charge >= 0.3 is 0 Å². The van der Waals surface area contributed by atoms with Gasteiger partial charge in [-0.15, -0.1) is 10.2 Å². The van der Waals surface area contributed by atoms with Crippen LogP contribution in [0.15, 0.2) is 48.7 Å². The van der Waals surface area contributed by atoms with Gasteiger partial charge < -0.3 is 9.47 Å². The number of nitrogens with one attached hydrogen (secondary N) is 1. The minimum atomic E-state index is -0.696. The van der Waals surface area contributed by atoms with E-state index in [0.717, 1.165) is 11.3 Å². The molecule has 1 N–H and O–H groups in total. The van der Waals surface area contributed by atoms with E-state index in [0.29, 0.717) is 21.5 Å². The van der Waals surface area contributed by atoms with Crippen LogP contribution in [0.25, 0.3) is 11.1 Å². The number of anilines is 1. The lowest BCUT2D eigenvalue weighted by molar-refractivity contribution is 0.102. The number of rotatable bonds is 7. The molecule has 2 aromatic carbocycles. The molecule has 2 heterocycles. The summed E-state index contributed by atoms with van der Waals surface area (Å²) in [6, 6.07) is 11.4. The van der Waals surface area contributed by atoms with Gasteiger partial charge in [-0.25, -0.2) is 4.39 Å². The third kappa shape index (κ3) is 5.27. The SMILES string of the molecule is COc1ccc(Cl)c(F)c1-c1cc(C)ncc1C(=O)Nc1nnc(COc2ccc(Cl)cc2)s1. The van der Waals surface area contributed by atoms with E-state index < -0.39 is 11.7 Å². The van der Waals surface area contributed by atoms with E-state index in [-0.39, 0.29) is 39.2 Å². The van der Waals surface area contributed by atoms with E-state index >= 15 is 0 Å². The largest absolute Gasteiger partial charge is 0.496 e.